The molecule has 0 aliphatic carbocycles. The molecule has 1 aliphatic rings. The summed E-state index contributed by atoms with van der Waals surface area (Å²) in [6, 6.07) is 5.02. The van der Waals surface area contributed by atoms with Crippen LogP contribution in [0.4, 0.5) is 5.69 Å². The number of hydrogen-bond acceptors (Lipinski definition) is 6. The zero-order valence-corrected chi connectivity index (χ0v) is 14.6. The van der Waals surface area contributed by atoms with Crippen LogP contribution < -0.4 is 10.5 Å². The predicted molar refractivity (Wildman–Crippen MR) is 94.2 cm³/mol. The molecule has 1 aromatic carbocycles. The van der Waals surface area contributed by atoms with Crippen LogP contribution in [0.15, 0.2) is 18.2 Å². The average Bonchev–Trinajstić information content (AvgIpc) is 2.61. The van der Waals surface area contributed by atoms with E-state index in [1.807, 2.05) is 4.90 Å². The summed E-state index contributed by atoms with van der Waals surface area (Å²) in [5.74, 6) is 1.23. The van der Waals surface area contributed by atoms with Gasteiger partial charge < -0.3 is 15.4 Å². The molecule has 8 heteroatoms. The van der Waals surface area contributed by atoms with Crippen molar-refractivity contribution in [1.82, 2.24) is 4.90 Å². The van der Waals surface area contributed by atoms with Crippen molar-refractivity contribution in [2.24, 2.45) is 5.73 Å². The molecule has 24 heavy (non-hydrogen) atoms. The van der Waals surface area contributed by atoms with Gasteiger partial charge in [0, 0.05) is 31.0 Å². The molecular formula is C16H23N3O4S. The summed E-state index contributed by atoms with van der Waals surface area (Å²) in [5, 5.41) is 11.0. The molecule has 1 aliphatic heterocycles. The van der Waals surface area contributed by atoms with Gasteiger partial charge in [0.25, 0.3) is 0 Å². The molecule has 1 fully saturated rings. The van der Waals surface area contributed by atoms with E-state index in [-0.39, 0.29) is 23.4 Å². The minimum absolute atomic E-state index is 0.0545. The van der Waals surface area contributed by atoms with E-state index >= 15 is 0 Å². The van der Waals surface area contributed by atoms with Gasteiger partial charge in [-0.3, -0.25) is 14.9 Å². The molecule has 1 aromatic rings. The van der Waals surface area contributed by atoms with E-state index in [4.69, 9.17) is 10.5 Å². The normalized spacial score (nSPS) is 17.6. The molecule has 2 rings (SSSR count). The number of methoxy groups -OCH3 is 1. The van der Waals surface area contributed by atoms with Gasteiger partial charge in [-0.05, 0) is 30.9 Å². The van der Waals surface area contributed by atoms with Crippen molar-refractivity contribution in [3.05, 3.63) is 33.9 Å². The first-order valence-electron chi connectivity index (χ1n) is 7.95. The molecule has 1 amide bonds. The second-order valence-corrected chi connectivity index (χ2v) is 6.71. The number of amides is 1. The number of benzene rings is 1. The van der Waals surface area contributed by atoms with Crippen LogP contribution in [0.1, 0.15) is 24.8 Å². The van der Waals surface area contributed by atoms with E-state index in [1.54, 1.807) is 12.1 Å². The summed E-state index contributed by atoms with van der Waals surface area (Å²) in [4.78, 5) is 24.8. The van der Waals surface area contributed by atoms with Gasteiger partial charge in [-0.25, -0.2) is 0 Å². The molecule has 0 radical (unpaired) electrons. The zero-order chi connectivity index (χ0) is 17.5. The van der Waals surface area contributed by atoms with Crippen LogP contribution in [0.5, 0.6) is 5.75 Å². The third-order valence-electron chi connectivity index (χ3n) is 4.15. The SMILES string of the molecule is COc1ccc(CSCC(=O)N2CCCCC2CN)cc1[N+](=O)[O-]. The quantitative estimate of drug-likeness (QED) is 0.596. The van der Waals surface area contributed by atoms with E-state index in [2.05, 4.69) is 0 Å². The fraction of sp³-hybridized carbons (Fsp3) is 0.562. The van der Waals surface area contributed by atoms with Gasteiger partial charge in [-0.15, -0.1) is 11.8 Å². The van der Waals surface area contributed by atoms with Crippen molar-refractivity contribution in [3.63, 3.8) is 0 Å². The van der Waals surface area contributed by atoms with E-state index in [0.717, 1.165) is 31.4 Å². The monoisotopic (exact) mass is 353 g/mol. The average molecular weight is 353 g/mol. The molecule has 1 heterocycles. The van der Waals surface area contributed by atoms with Crippen LogP contribution >= 0.6 is 11.8 Å². The Bertz CT molecular complexity index is 597. The highest BCUT2D eigenvalue weighted by Crippen LogP contribution is 2.29. The Morgan fingerprint density at radius 1 is 1.50 bits per heavy atom. The second kappa shape index (κ2) is 8.89. The second-order valence-electron chi connectivity index (χ2n) is 5.73. The summed E-state index contributed by atoms with van der Waals surface area (Å²) in [5.41, 5.74) is 6.49. The first-order valence-corrected chi connectivity index (χ1v) is 9.11. The summed E-state index contributed by atoms with van der Waals surface area (Å²) in [6.07, 6.45) is 3.11. The minimum Gasteiger partial charge on any atom is -0.490 e. The number of nitro benzene ring substituents is 1. The highest BCUT2D eigenvalue weighted by molar-refractivity contribution is 7.99. The Balaban J connectivity index is 1.90. The molecule has 7 nitrogen and oxygen atoms in total. The first-order chi connectivity index (χ1) is 11.6. The number of ether oxygens (including phenoxy) is 1. The number of nitro groups is 1. The van der Waals surface area contributed by atoms with Crippen LogP contribution in [-0.2, 0) is 10.5 Å². The Labute approximate surface area is 145 Å². The van der Waals surface area contributed by atoms with Crippen molar-refractivity contribution in [1.29, 1.82) is 0 Å². The summed E-state index contributed by atoms with van der Waals surface area (Å²) >= 11 is 1.46. The molecule has 0 bridgehead atoms. The van der Waals surface area contributed by atoms with Crippen molar-refractivity contribution < 1.29 is 14.5 Å². The maximum Gasteiger partial charge on any atom is 0.311 e. The molecule has 132 valence electrons. The van der Waals surface area contributed by atoms with E-state index in [1.165, 1.54) is 24.9 Å². The number of carbonyl (C=O) groups excluding carboxylic acids is 1. The largest absolute Gasteiger partial charge is 0.490 e. The van der Waals surface area contributed by atoms with Gasteiger partial charge in [-0.2, -0.15) is 0 Å². The number of rotatable bonds is 7. The Morgan fingerprint density at radius 3 is 2.96 bits per heavy atom. The maximum absolute atomic E-state index is 12.4. The molecule has 1 saturated heterocycles. The summed E-state index contributed by atoms with van der Waals surface area (Å²) in [7, 11) is 1.40. The lowest BCUT2D eigenvalue weighted by Gasteiger charge is -2.35. The lowest BCUT2D eigenvalue weighted by atomic mass is 10.0. The highest BCUT2D eigenvalue weighted by Gasteiger charge is 2.25. The minimum atomic E-state index is -0.461. The molecule has 2 N–H and O–H groups in total. The summed E-state index contributed by atoms with van der Waals surface area (Å²) < 4.78 is 4.99. The van der Waals surface area contributed by atoms with Gasteiger partial charge in [0.2, 0.25) is 5.91 Å². The Kier molecular flexibility index (Phi) is 6.86. The van der Waals surface area contributed by atoms with E-state index in [0.29, 0.717) is 18.1 Å². The number of carbonyl (C=O) groups is 1. The number of thioether (sulfide) groups is 1. The van der Waals surface area contributed by atoms with Gasteiger partial charge in [0.15, 0.2) is 5.75 Å². The zero-order valence-electron chi connectivity index (χ0n) is 13.8. The smallest absolute Gasteiger partial charge is 0.311 e. The van der Waals surface area contributed by atoms with Gasteiger partial charge >= 0.3 is 5.69 Å². The fourth-order valence-electron chi connectivity index (χ4n) is 2.88. The highest BCUT2D eigenvalue weighted by atomic mass is 32.2. The molecular weight excluding hydrogens is 330 g/mol. The number of hydrogen-bond donors (Lipinski definition) is 1. The van der Waals surface area contributed by atoms with Crippen LogP contribution in [0.2, 0.25) is 0 Å². The number of piperidine rings is 1. The first kappa shape index (κ1) is 18.5. The van der Waals surface area contributed by atoms with Crippen LogP contribution in [-0.4, -0.2) is 47.7 Å². The Morgan fingerprint density at radius 2 is 2.29 bits per heavy atom. The van der Waals surface area contributed by atoms with Crippen LogP contribution in [0.25, 0.3) is 0 Å². The maximum atomic E-state index is 12.4. The summed E-state index contributed by atoms with van der Waals surface area (Å²) in [6.45, 7) is 1.27. The van der Waals surface area contributed by atoms with E-state index < -0.39 is 4.92 Å². The van der Waals surface area contributed by atoms with Gasteiger partial charge in [0.05, 0.1) is 17.8 Å². The lowest BCUT2D eigenvalue weighted by Crippen LogP contribution is -2.48. The Hall–Kier alpha value is -1.80. The van der Waals surface area contributed by atoms with Crippen molar-refractivity contribution >= 4 is 23.4 Å². The van der Waals surface area contributed by atoms with Crippen molar-refractivity contribution in [2.75, 3.05) is 26.0 Å². The molecule has 0 saturated carbocycles. The fourth-order valence-corrected chi connectivity index (χ4v) is 3.74. The lowest BCUT2D eigenvalue weighted by molar-refractivity contribution is -0.385. The van der Waals surface area contributed by atoms with Crippen LogP contribution in [0, 0.1) is 10.1 Å². The molecule has 1 unspecified atom stereocenters. The van der Waals surface area contributed by atoms with Gasteiger partial charge in [-0.1, -0.05) is 6.07 Å². The van der Waals surface area contributed by atoms with Crippen LogP contribution in [0.3, 0.4) is 0 Å². The molecule has 0 spiro atoms. The molecule has 0 aromatic heterocycles. The third kappa shape index (κ3) is 4.61. The number of nitrogens with zero attached hydrogens (tertiary/aromatic N) is 2. The van der Waals surface area contributed by atoms with Crippen molar-refractivity contribution in [2.45, 2.75) is 31.1 Å². The van der Waals surface area contributed by atoms with E-state index in [9.17, 15) is 14.9 Å². The predicted octanol–water partition coefficient (Wildman–Crippen LogP) is 2.18. The molecule has 1 atom stereocenters. The standard InChI is InChI=1S/C16H23N3O4S/c1-23-15-6-5-12(8-14(15)19(21)22)10-24-11-16(20)18-7-3-2-4-13(18)9-17/h5-6,8,13H,2-4,7,9-11,17H2,1H3. The third-order valence-corrected chi connectivity index (χ3v) is 5.14. The number of likely N-dealkylation sites (tertiary alicyclic amines) is 1. The topological polar surface area (TPSA) is 98.7 Å². The van der Waals surface area contributed by atoms with Crippen molar-refractivity contribution in [3.8, 4) is 5.75 Å². The van der Waals surface area contributed by atoms with Gasteiger partial charge in [0.1, 0.15) is 0 Å². The number of nitrogens with two attached hydrogens (primary N) is 1.